The number of benzene rings is 2. The maximum atomic E-state index is 12.3. The summed E-state index contributed by atoms with van der Waals surface area (Å²) in [5.41, 5.74) is 2.81. The van der Waals surface area contributed by atoms with Crippen LogP contribution in [0.4, 0.5) is 0 Å². The Morgan fingerprint density at radius 2 is 2.04 bits per heavy atom. The molecule has 0 bridgehead atoms. The Bertz CT molecular complexity index is 876. The van der Waals surface area contributed by atoms with Crippen molar-refractivity contribution in [2.75, 3.05) is 7.05 Å². The van der Waals surface area contributed by atoms with E-state index in [9.17, 15) is 4.79 Å². The highest BCUT2D eigenvalue weighted by Gasteiger charge is 2.15. The Labute approximate surface area is 162 Å². The smallest absolute Gasteiger partial charge is 0.221 e. The minimum absolute atomic E-state index is 0.0238. The monoisotopic (exact) mass is 390 g/mol. The molecule has 3 aromatic rings. The van der Waals surface area contributed by atoms with Gasteiger partial charge in [-0.1, -0.05) is 41.4 Å². The third-order valence-corrected chi connectivity index (χ3v) is 4.80. The number of halogens is 2. The Hall–Kier alpha value is -2.08. The number of nitrogens with zero attached hydrogens (tertiary/aromatic N) is 1. The molecule has 0 saturated heterocycles. The summed E-state index contributed by atoms with van der Waals surface area (Å²) < 4.78 is 0. The van der Waals surface area contributed by atoms with Crippen molar-refractivity contribution in [2.45, 2.75) is 25.4 Å². The minimum atomic E-state index is -0.0464. The van der Waals surface area contributed by atoms with E-state index in [-0.39, 0.29) is 11.9 Å². The van der Waals surface area contributed by atoms with E-state index in [0.29, 0.717) is 29.4 Å². The zero-order valence-electron chi connectivity index (χ0n) is 14.4. The van der Waals surface area contributed by atoms with Gasteiger partial charge in [0.15, 0.2) is 0 Å². The molecule has 2 aromatic carbocycles. The first-order valence-corrected chi connectivity index (χ1v) is 9.12. The average Bonchev–Trinajstić information content (AvgIpc) is 3.04. The number of aromatic nitrogens is 2. The number of nitrogens with one attached hydrogen (secondary N) is 3. The van der Waals surface area contributed by atoms with Crippen LogP contribution in [0.15, 0.2) is 42.5 Å². The minimum Gasteiger partial charge on any atom is -0.349 e. The van der Waals surface area contributed by atoms with E-state index in [4.69, 9.17) is 23.2 Å². The van der Waals surface area contributed by atoms with E-state index >= 15 is 0 Å². The van der Waals surface area contributed by atoms with Gasteiger partial charge in [0, 0.05) is 22.5 Å². The van der Waals surface area contributed by atoms with E-state index in [1.54, 1.807) is 12.1 Å². The molecule has 3 rings (SSSR count). The number of hydrogen-bond acceptors (Lipinski definition) is 3. The third-order valence-electron chi connectivity index (χ3n) is 4.21. The lowest BCUT2D eigenvalue weighted by molar-refractivity contribution is -0.121. The number of hydrogen-bond donors (Lipinski definition) is 3. The topological polar surface area (TPSA) is 69.8 Å². The van der Waals surface area contributed by atoms with Gasteiger partial charge in [-0.25, -0.2) is 4.98 Å². The molecule has 1 amide bonds. The zero-order chi connectivity index (χ0) is 18.5. The van der Waals surface area contributed by atoms with Crippen LogP contribution in [0.25, 0.3) is 11.0 Å². The molecule has 26 heavy (non-hydrogen) atoms. The van der Waals surface area contributed by atoms with Gasteiger partial charge in [0.25, 0.3) is 0 Å². The number of fused-ring (bicyclic) bond motifs is 1. The lowest BCUT2D eigenvalue weighted by Gasteiger charge is -2.16. The summed E-state index contributed by atoms with van der Waals surface area (Å²) in [4.78, 5) is 19.9. The Morgan fingerprint density at radius 3 is 2.77 bits per heavy atom. The normalized spacial score (nSPS) is 12.3. The van der Waals surface area contributed by atoms with Crippen molar-refractivity contribution in [1.82, 2.24) is 20.6 Å². The number of amides is 1. The van der Waals surface area contributed by atoms with Crippen molar-refractivity contribution in [2.24, 2.45) is 0 Å². The second-order valence-corrected chi connectivity index (χ2v) is 6.95. The first kappa shape index (κ1) is 18.7. The number of aromatic amines is 1. The number of para-hydroxylation sites is 2. The summed E-state index contributed by atoms with van der Waals surface area (Å²) in [6, 6.07) is 13.2. The fourth-order valence-corrected chi connectivity index (χ4v) is 3.28. The van der Waals surface area contributed by atoms with Crippen LogP contribution in [0.3, 0.4) is 0 Å². The van der Waals surface area contributed by atoms with Crippen molar-refractivity contribution in [3.05, 3.63) is 63.9 Å². The first-order valence-electron chi connectivity index (χ1n) is 8.36. The predicted molar refractivity (Wildman–Crippen MR) is 106 cm³/mol. The molecule has 3 N–H and O–H groups in total. The van der Waals surface area contributed by atoms with E-state index in [0.717, 1.165) is 22.4 Å². The van der Waals surface area contributed by atoms with Gasteiger partial charge in [0.05, 0.1) is 17.6 Å². The molecular weight excluding hydrogens is 371 g/mol. The van der Waals surface area contributed by atoms with Crippen molar-refractivity contribution in [3.8, 4) is 0 Å². The molecule has 0 radical (unpaired) electrons. The number of likely N-dealkylation sites (N-methyl/N-ethyl adjacent to an activating group) is 1. The van der Waals surface area contributed by atoms with Gasteiger partial charge in [-0.3, -0.25) is 4.79 Å². The highest BCUT2D eigenvalue weighted by molar-refractivity contribution is 6.35. The maximum absolute atomic E-state index is 12.3. The SMILES string of the molecule is CN[C@@H](CC(=O)NCc1nc2ccccc2[nH]1)Cc1ccc(Cl)cc1Cl. The van der Waals surface area contributed by atoms with Crippen molar-refractivity contribution in [3.63, 3.8) is 0 Å². The Kier molecular flexibility index (Phi) is 6.14. The summed E-state index contributed by atoms with van der Waals surface area (Å²) in [7, 11) is 1.83. The summed E-state index contributed by atoms with van der Waals surface area (Å²) in [5.74, 6) is 0.691. The van der Waals surface area contributed by atoms with Crippen LogP contribution >= 0.6 is 23.2 Å². The molecule has 0 fully saturated rings. The van der Waals surface area contributed by atoms with E-state index in [1.807, 2.05) is 37.4 Å². The third kappa shape index (κ3) is 4.75. The highest BCUT2D eigenvalue weighted by atomic mass is 35.5. The molecule has 0 aliphatic heterocycles. The summed E-state index contributed by atoms with van der Waals surface area (Å²) in [6.45, 7) is 0.367. The van der Waals surface area contributed by atoms with E-state index in [2.05, 4.69) is 20.6 Å². The van der Waals surface area contributed by atoms with Crippen LogP contribution in [0.2, 0.25) is 10.0 Å². The zero-order valence-corrected chi connectivity index (χ0v) is 15.9. The van der Waals surface area contributed by atoms with Gasteiger partial charge in [0.2, 0.25) is 5.91 Å². The molecule has 0 spiro atoms. The first-order chi connectivity index (χ1) is 12.5. The molecule has 0 saturated carbocycles. The van der Waals surface area contributed by atoms with Gasteiger partial charge in [-0.05, 0) is 43.3 Å². The molecule has 0 unspecified atom stereocenters. The van der Waals surface area contributed by atoms with Crippen LogP contribution in [-0.4, -0.2) is 29.0 Å². The van der Waals surface area contributed by atoms with Gasteiger partial charge in [-0.15, -0.1) is 0 Å². The number of carbonyl (C=O) groups is 1. The molecular formula is C19H20Cl2N4O. The Morgan fingerprint density at radius 1 is 1.23 bits per heavy atom. The van der Waals surface area contributed by atoms with Crippen LogP contribution in [0.5, 0.6) is 0 Å². The van der Waals surface area contributed by atoms with E-state index < -0.39 is 0 Å². The van der Waals surface area contributed by atoms with Crippen LogP contribution in [0.1, 0.15) is 17.8 Å². The number of carbonyl (C=O) groups excluding carboxylic acids is 1. The fourth-order valence-electron chi connectivity index (χ4n) is 2.80. The maximum Gasteiger partial charge on any atom is 0.221 e. The largest absolute Gasteiger partial charge is 0.349 e. The lowest BCUT2D eigenvalue weighted by atomic mass is 10.0. The van der Waals surface area contributed by atoms with Crippen molar-refractivity contribution < 1.29 is 4.79 Å². The van der Waals surface area contributed by atoms with Gasteiger partial charge in [0.1, 0.15) is 5.82 Å². The Balaban J connectivity index is 1.55. The van der Waals surface area contributed by atoms with Crippen LogP contribution in [0, 0.1) is 0 Å². The molecule has 5 nitrogen and oxygen atoms in total. The number of H-pyrrole nitrogens is 1. The molecule has 1 aromatic heterocycles. The summed E-state index contributed by atoms with van der Waals surface area (Å²) in [5, 5.41) is 7.29. The lowest BCUT2D eigenvalue weighted by Crippen LogP contribution is -2.35. The van der Waals surface area contributed by atoms with Crippen molar-refractivity contribution >= 4 is 40.1 Å². The average molecular weight is 391 g/mol. The van der Waals surface area contributed by atoms with Gasteiger partial charge >= 0.3 is 0 Å². The number of imidazole rings is 1. The second kappa shape index (κ2) is 8.54. The molecule has 1 atom stereocenters. The molecule has 7 heteroatoms. The molecule has 0 aliphatic carbocycles. The second-order valence-electron chi connectivity index (χ2n) is 6.11. The summed E-state index contributed by atoms with van der Waals surface area (Å²) in [6.07, 6.45) is 0.986. The van der Waals surface area contributed by atoms with E-state index in [1.165, 1.54) is 0 Å². The van der Waals surface area contributed by atoms with Gasteiger partial charge < -0.3 is 15.6 Å². The molecule has 1 heterocycles. The van der Waals surface area contributed by atoms with Crippen molar-refractivity contribution in [1.29, 1.82) is 0 Å². The number of rotatable bonds is 7. The molecule has 0 aliphatic rings. The highest BCUT2D eigenvalue weighted by Crippen LogP contribution is 2.22. The standard InChI is InChI=1S/C19H20Cl2N4O/c1-22-14(8-12-6-7-13(20)9-15(12)21)10-19(26)23-11-18-24-16-4-2-3-5-17(16)25-18/h2-7,9,14,22H,8,10-11H2,1H3,(H,23,26)(H,24,25)/t14-/m1/s1. The summed E-state index contributed by atoms with van der Waals surface area (Å²) >= 11 is 12.1. The predicted octanol–water partition coefficient (Wildman–Crippen LogP) is 3.71. The van der Waals surface area contributed by atoms with Crippen LogP contribution in [-0.2, 0) is 17.8 Å². The van der Waals surface area contributed by atoms with Gasteiger partial charge in [-0.2, -0.15) is 0 Å². The molecule has 136 valence electrons. The quantitative estimate of drug-likeness (QED) is 0.575. The fraction of sp³-hybridized carbons (Fsp3) is 0.263. The van der Waals surface area contributed by atoms with Crippen LogP contribution < -0.4 is 10.6 Å².